The van der Waals surface area contributed by atoms with Crippen LogP contribution in [0.1, 0.15) is 45.4 Å². The predicted molar refractivity (Wildman–Crippen MR) is 88.6 cm³/mol. The van der Waals surface area contributed by atoms with E-state index >= 15 is 0 Å². The molecular formula is C16H30N2O2S. The molecule has 2 rings (SSSR count). The summed E-state index contributed by atoms with van der Waals surface area (Å²) in [5, 5.41) is 9.70. The third kappa shape index (κ3) is 5.15. The molecule has 2 fully saturated rings. The van der Waals surface area contributed by atoms with E-state index in [9.17, 15) is 9.90 Å². The van der Waals surface area contributed by atoms with Gasteiger partial charge in [0.15, 0.2) is 0 Å². The van der Waals surface area contributed by atoms with Crippen molar-refractivity contribution in [1.29, 1.82) is 0 Å². The van der Waals surface area contributed by atoms with Crippen LogP contribution in [0.2, 0.25) is 0 Å². The third-order valence-corrected chi connectivity index (χ3v) is 5.87. The van der Waals surface area contributed by atoms with Gasteiger partial charge in [0.2, 0.25) is 5.91 Å². The van der Waals surface area contributed by atoms with Crippen molar-refractivity contribution in [3.63, 3.8) is 0 Å². The first kappa shape index (κ1) is 17.1. The van der Waals surface area contributed by atoms with Gasteiger partial charge in [-0.05, 0) is 45.4 Å². The summed E-state index contributed by atoms with van der Waals surface area (Å²) in [5.74, 6) is 2.63. The molecule has 0 aromatic heterocycles. The van der Waals surface area contributed by atoms with Gasteiger partial charge >= 0.3 is 0 Å². The first-order valence-electron chi connectivity index (χ1n) is 8.33. The van der Waals surface area contributed by atoms with Gasteiger partial charge in [-0.25, -0.2) is 0 Å². The van der Waals surface area contributed by atoms with Gasteiger partial charge in [-0.1, -0.05) is 12.8 Å². The molecule has 0 spiro atoms. The highest BCUT2D eigenvalue weighted by Crippen LogP contribution is 2.23. The van der Waals surface area contributed by atoms with E-state index in [1.54, 1.807) is 0 Å². The third-order valence-electron chi connectivity index (χ3n) is 4.72. The van der Waals surface area contributed by atoms with Gasteiger partial charge in [0.25, 0.3) is 0 Å². The Balaban J connectivity index is 1.92. The van der Waals surface area contributed by atoms with Crippen molar-refractivity contribution in [2.75, 3.05) is 31.6 Å². The average Bonchev–Trinajstić information content (AvgIpc) is 2.86. The van der Waals surface area contributed by atoms with Crippen LogP contribution in [0, 0.1) is 0 Å². The number of amides is 1. The fraction of sp³-hybridized carbons (Fsp3) is 0.938. The summed E-state index contributed by atoms with van der Waals surface area (Å²) < 4.78 is 0. The van der Waals surface area contributed by atoms with Gasteiger partial charge in [-0.3, -0.25) is 9.69 Å². The highest BCUT2D eigenvalue weighted by atomic mass is 32.2. The molecule has 0 aromatic rings. The smallest absolute Gasteiger partial charge is 0.236 e. The number of rotatable bonds is 5. The minimum atomic E-state index is -0.327. The average molecular weight is 314 g/mol. The maximum Gasteiger partial charge on any atom is 0.236 e. The minimum absolute atomic E-state index is 0.228. The highest BCUT2D eigenvalue weighted by Gasteiger charge is 2.29. The molecule has 0 aliphatic carbocycles. The molecule has 2 heterocycles. The topological polar surface area (TPSA) is 43.8 Å². The molecule has 0 saturated carbocycles. The zero-order valence-corrected chi connectivity index (χ0v) is 14.3. The quantitative estimate of drug-likeness (QED) is 0.842. The molecule has 0 unspecified atom stereocenters. The summed E-state index contributed by atoms with van der Waals surface area (Å²) in [6, 6.07) is 0.785. The SMILES string of the molecule is C[C@H](O)C[C@H]1CCCCCN1C(=O)CN(C)[C@H]1CCSC1. The fourth-order valence-electron chi connectivity index (χ4n) is 3.45. The van der Waals surface area contributed by atoms with Crippen molar-refractivity contribution < 1.29 is 9.90 Å². The van der Waals surface area contributed by atoms with Crippen molar-refractivity contribution in [3.8, 4) is 0 Å². The van der Waals surface area contributed by atoms with E-state index in [0.717, 1.165) is 25.1 Å². The number of hydrogen-bond acceptors (Lipinski definition) is 4. The molecule has 5 heteroatoms. The molecule has 3 atom stereocenters. The van der Waals surface area contributed by atoms with Crippen LogP contribution in [0.5, 0.6) is 0 Å². The monoisotopic (exact) mass is 314 g/mol. The zero-order valence-electron chi connectivity index (χ0n) is 13.5. The Kier molecular flexibility index (Phi) is 6.83. The van der Waals surface area contributed by atoms with E-state index in [1.807, 2.05) is 18.7 Å². The Labute approximate surface area is 133 Å². The maximum absolute atomic E-state index is 12.7. The van der Waals surface area contributed by atoms with Gasteiger partial charge in [0.05, 0.1) is 12.6 Å². The van der Waals surface area contributed by atoms with Crippen molar-refractivity contribution in [2.45, 2.75) is 63.6 Å². The van der Waals surface area contributed by atoms with Gasteiger partial charge in [0.1, 0.15) is 0 Å². The van der Waals surface area contributed by atoms with Crippen molar-refractivity contribution in [2.24, 2.45) is 0 Å². The molecular weight excluding hydrogens is 284 g/mol. The summed E-state index contributed by atoms with van der Waals surface area (Å²) >= 11 is 1.99. The first-order chi connectivity index (χ1) is 10.1. The molecule has 21 heavy (non-hydrogen) atoms. The number of thioether (sulfide) groups is 1. The molecule has 2 saturated heterocycles. The maximum atomic E-state index is 12.7. The van der Waals surface area contributed by atoms with Crippen LogP contribution < -0.4 is 0 Å². The number of nitrogens with zero attached hydrogens (tertiary/aromatic N) is 2. The lowest BCUT2D eigenvalue weighted by atomic mass is 10.0. The number of carbonyl (C=O) groups excluding carboxylic acids is 1. The largest absolute Gasteiger partial charge is 0.393 e. The molecule has 122 valence electrons. The number of aliphatic hydroxyl groups is 1. The summed E-state index contributed by atoms with van der Waals surface area (Å²) in [5.41, 5.74) is 0. The van der Waals surface area contributed by atoms with Crippen LogP contribution in [0.15, 0.2) is 0 Å². The zero-order chi connectivity index (χ0) is 15.2. The second kappa shape index (κ2) is 8.39. The molecule has 0 radical (unpaired) electrons. The van der Waals surface area contributed by atoms with Crippen LogP contribution in [-0.2, 0) is 4.79 Å². The molecule has 2 aliphatic rings. The Morgan fingerprint density at radius 2 is 2.19 bits per heavy atom. The van der Waals surface area contributed by atoms with Crippen molar-refractivity contribution in [3.05, 3.63) is 0 Å². The molecule has 0 bridgehead atoms. The summed E-state index contributed by atoms with van der Waals surface area (Å²) in [6.45, 7) is 3.22. The summed E-state index contributed by atoms with van der Waals surface area (Å²) in [6.07, 6.45) is 6.11. The summed E-state index contributed by atoms with van der Waals surface area (Å²) in [7, 11) is 2.08. The van der Waals surface area contributed by atoms with Gasteiger partial charge in [-0.2, -0.15) is 11.8 Å². The Morgan fingerprint density at radius 3 is 2.86 bits per heavy atom. The van der Waals surface area contributed by atoms with Gasteiger partial charge < -0.3 is 10.0 Å². The number of likely N-dealkylation sites (N-methyl/N-ethyl adjacent to an activating group) is 1. The Bertz CT molecular complexity index is 332. The van der Waals surface area contributed by atoms with Crippen LogP contribution in [0.4, 0.5) is 0 Å². The predicted octanol–water partition coefficient (Wildman–Crippen LogP) is 1.97. The van der Waals surface area contributed by atoms with Crippen LogP contribution in [-0.4, -0.2) is 70.6 Å². The molecule has 2 aliphatic heterocycles. The van der Waals surface area contributed by atoms with E-state index in [4.69, 9.17) is 0 Å². The second-order valence-electron chi connectivity index (χ2n) is 6.61. The van der Waals surface area contributed by atoms with Crippen molar-refractivity contribution >= 4 is 17.7 Å². The number of likely N-dealkylation sites (tertiary alicyclic amines) is 1. The Morgan fingerprint density at radius 1 is 1.38 bits per heavy atom. The van der Waals surface area contributed by atoms with Crippen LogP contribution >= 0.6 is 11.8 Å². The highest BCUT2D eigenvalue weighted by molar-refractivity contribution is 7.99. The van der Waals surface area contributed by atoms with Crippen molar-refractivity contribution in [1.82, 2.24) is 9.80 Å². The van der Waals surface area contributed by atoms with Gasteiger partial charge in [-0.15, -0.1) is 0 Å². The molecule has 1 amide bonds. The van der Waals surface area contributed by atoms with Gasteiger partial charge in [0, 0.05) is 24.4 Å². The van der Waals surface area contributed by atoms with Crippen LogP contribution in [0.25, 0.3) is 0 Å². The Hall–Kier alpha value is -0.260. The van der Waals surface area contributed by atoms with E-state index in [1.165, 1.54) is 25.0 Å². The second-order valence-corrected chi connectivity index (χ2v) is 7.76. The number of hydrogen-bond donors (Lipinski definition) is 1. The lowest BCUT2D eigenvalue weighted by Crippen LogP contribution is -2.47. The fourth-order valence-corrected chi connectivity index (χ4v) is 4.75. The summed E-state index contributed by atoms with van der Waals surface area (Å²) in [4.78, 5) is 17.0. The molecule has 1 N–H and O–H groups in total. The van der Waals surface area contributed by atoms with Crippen LogP contribution in [0.3, 0.4) is 0 Å². The first-order valence-corrected chi connectivity index (χ1v) is 9.49. The number of aliphatic hydroxyl groups excluding tert-OH is 1. The molecule has 4 nitrogen and oxygen atoms in total. The lowest BCUT2D eigenvalue weighted by molar-refractivity contribution is -0.135. The minimum Gasteiger partial charge on any atom is -0.393 e. The molecule has 0 aromatic carbocycles. The standard InChI is InChI=1S/C16H30N2O2S/c1-13(19)10-14-6-4-3-5-8-18(14)16(20)11-17(2)15-7-9-21-12-15/h13-15,19H,3-12H2,1-2H3/t13-,14+,15-/m0/s1. The number of carbonyl (C=O) groups is 1. The van der Waals surface area contributed by atoms with E-state index < -0.39 is 0 Å². The van der Waals surface area contributed by atoms with E-state index in [-0.39, 0.29) is 18.1 Å². The lowest BCUT2D eigenvalue weighted by Gasteiger charge is -2.33. The van der Waals surface area contributed by atoms with E-state index in [2.05, 4.69) is 16.8 Å². The van der Waals surface area contributed by atoms with E-state index in [0.29, 0.717) is 19.0 Å². The normalized spacial score (nSPS) is 28.7.